The highest BCUT2D eigenvalue weighted by atomic mass is 16.3. The number of amides is 3. The highest BCUT2D eigenvalue weighted by molar-refractivity contribution is 5.93. The van der Waals surface area contributed by atoms with Gasteiger partial charge in [-0.1, -0.05) is 0 Å². The molecule has 2 bridgehead atoms. The number of nitrogens with one attached hydrogen (secondary N) is 1. The molecule has 3 saturated heterocycles. The summed E-state index contributed by atoms with van der Waals surface area (Å²) in [6.45, 7) is 2.94. The van der Waals surface area contributed by atoms with E-state index in [-0.39, 0.29) is 41.6 Å². The maximum atomic E-state index is 12.8. The molecule has 0 aromatic carbocycles. The van der Waals surface area contributed by atoms with Crippen LogP contribution in [0.3, 0.4) is 0 Å². The lowest BCUT2D eigenvalue weighted by molar-refractivity contribution is -0.158. The molecule has 4 rings (SSSR count). The van der Waals surface area contributed by atoms with E-state index in [0.29, 0.717) is 31.6 Å². The first-order chi connectivity index (χ1) is 14.0. The van der Waals surface area contributed by atoms with E-state index in [9.17, 15) is 19.5 Å². The first-order valence-corrected chi connectivity index (χ1v) is 10.4. The smallest absolute Gasteiger partial charge is 0.252 e. The van der Waals surface area contributed by atoms with E-state index in [2.05, 4.69) is 10.3 Å². The fraction of sp³-hybridized carbons (Fsp3) is 0.619. The molecule has 5 atom stereocenters. The maximum Gasteiger partial charge on any atom is 0.252 e. The van der Waals surface area contributed by atoms with Gasteiger partial charge in [0.05, 0.1) is 11.6 Å². The van der Waals surface area contributed by atoms with Crippen LogP contribution in [0, 0.1) is 11.8 Å². The molecule has 3 aliphatic rings. The number of piperidine rings is 3. The van der Waals surface area contributed by atoms with Gasteiger partial charge in [-0.05, 0) is 50.2 Å². The summed E-state index contributed by atoms with van der Waals surface area (Å²) in [5, 5.41) is 12.7. The quantitative estimate of drug-likeness (QED) is 0.763. The van der Waals surface area contributed by atoms with Crippen molar-refractivity contribution < 1.29 is 19.5 Å². The van der Waals surface area contributed by atoms with Crippen molar-refractivity contribution >= 4 is 17.7 Å². The fourth-order valence-corrected chi connectivity index (χ4v) is 5.28. The van der Waals surface area contributed by atoms with Crippen LogP contribution in [0.4, 0.5) is 0 Å². The van der Waals surface area contributed by atoms with Crippen molar-refractivity contribution in [2.45, 2.75) is 50.8 Å². The number of carbonyl (C=O) groups is 3. The van der Waals surface area contributed by atoms with Crippen LogP contribution < -0.4 is 5.32 Å². The molecule has 8 nitrogen and oxygen atoms in total. The Kier molecular flexibility index (Phi) is 5.54. The Morgan fingerprint density at radius 2 is 2.14 bits per heavy atom. The van der Waals surface area contributed by atoms with Crippen molar-refractivity contribution in [1.82, 2.24) is 20.1 Å². The molecule has 8 heteroatoms. The molecule has 3 aliphatic heterocycles. The van der Waals surface area contributed by atoms with Crippen molar-refractivity contribution in [1.29, 1.82) is 0 Å². The van der Waals surface area contributed by atoms with Gasteiger partial charge in [0.1, 0.15) is 6.10 Å². The zero-order chi connectivity index (χ0) is 20.5. The lowest BCUT2D eigenvalue weighted by Gasteiger charge is -2.56. The number of aliphatic hydroxyl groups is 1. The summed E-state index contributed by atoms with van der Waals surface area (Å²) in [6.07, 6.45) is 5.37. The summed E-state index contributed by atoms with van der Waals surface area (Å²) in [5.74, 6) is -0.0100. The van der Waals surface area contributed by atoms with Crippen LogP contribution in [-0.2, 0) is 9.59 Å². The highest BCUT2D eigenvalue weighted by Gasteiger charge is 2.50. The van der Waals surface area contributed by atoms with E-state index >= 15 is 0 Å². The molecule has 156 valence electrons. The number of pyridine rings is 1. The molecular weight excluding hydrogens is 372 g/mol. The number of likely N-dealkylation sites (tertiary alicyclic amines) is 1. The van der Waals surface area contributed by atoms with Gasteiger partial charge in [0.15, 0.2) is 0 Å². The highest BCUT2D eigenvalue weighted by Crippen LogP contribution is 2.41. The van der Waals surface area contributed by atoms with Crippen LogP contribution in [0.1, 0.15) is 43.0 Å². The molecule has 0 unspecified atom stereocenters. The van der Waals surface area contributed by atoms with Crippen LogP contribution in [-0.4, -0.2) is 75.4 Å². The van der Waals surface area contributed by atoms with E-state index in [1.165, 1.54) is 13.1 Å². The number of fused-ring (bicyclic) bond motifs is 4. The van der Waals surface area contributed by atoms with Gasteiger partial charge in [-0.3, -0.25) is 19.4 Å². The predicted octanol–water partition coefficient (Wildman–Crippen LogP) is 0.420. The zero-order valence-electron chi connectivity index (χ0n) is 16.7. The Balaban J connectivity index is 1.54. The molecular formula is C21H28N4O4. The monoisotopic (exact) mass is 400 g/mol. The Bertz CT molecular complexity index is 784. The molecule has 0 aliphatic carbocycles. The second-order valence-electron chi connectivity index (χ2n) is 8.45. The molecule has 4 heterocycles. The van der Waals surface area contributed by atoms with Crippen molar-refractivity contribution in [2.75, 3.05) is 19.6 Å². The summed E-state index contributed by atoms with van der Waals surface area (Å²) in [7, 11) is 0. The zero-order valence-corrected chi connectivity index (χ0v) is 16.7. The standard InChI is InChI=1S/C21H28N4O4/c1-13(26)21(29)24-11-15-8-16(12-24)18(25-17(15)5-2-6-19(25)27)10-23-20(28)14-4-3-7-22-9-14/h3-4,7,9,13,15-18,26H,2,5-6,8,10-12H2,1H3,(H,23,28)/t13-,15+,16-,17-,18-/m0/s1. The van der Waals surface area contributed by atoms with Crippen molar-refractivity contribution in [2.24, 2.45) is 11.8 Å². The molecule has 2 N–H and O–H groups in total. The molecule has 3 fully saturated rings. The van der Waals surface area contributed by atoms with Gasteiger partial charge < -0.3 is 20.2 Å². The van der Waals surface area contributed by atoms with Gasteiger partial charge in [0, 0.05) is 44.5 Å². The summed E-state index contributed by atoms with van der Waals surface area (Å²) in [4.78, 5) is 45.5. The first-order valence-electron chi connectivity index (χ1n) is 10.4. The van der Waals surface area contributed by atoms with E-state index in [1.54, 1.807) is 23.2 Å². The first kappa shape index (κ1) is 19.8. The van der Waals surface area contributed by atoms with E-state index in [0.717, 1.165) is 19.3 Å². The topological polar surface area (TPSA) is 103 Å². The maximum absolute atomic E-state index is 12.8. The second-order valence-corrected chi connectivity index (χ2v) is 8.45. The van der Waals surface area contributed by atoms with E-state index in [4.69, 9.17) is 0 Å². The molecule has 1 aromatic heterocycles. The number of hydrogen-bond acceptors (Lipinski definition) is 5. The SMILES string of the molecule is C[C@H](O)C(=O)N1C[C@H]2C[C@@H](C1)[C@H](CNC(=O)c1cccnc1)N1C(=O)CCC[C@@H]21. The van der Waals surface area contributed by atoms with Crippen LogP contribution in [0.25, 0.3) is 0 Å². The molecule has 3 amide bonds. The summed E-state index contributed by atoms with van der Waals surface area (Å²) in [6, 6.07) is 3.37. The second kappa shape index (κ2) is 8.10. The lowest BCUT2D eigenvalue weighted by atomic mass is 9.72. The van der Waals surface area contributed by atoms with E-state index < -0.39 is 6.10 Å². The predicted molar refractivity (Wildman–Crippen MR) is 105 cm³/mol. The Labute approximate surface area is 170 Å². The Hall–Kier alpha value is -2.48. The summed E-state index contributed by atoms with van der Waals surface area (Å²) in [5.41, 5.74) is 0.484. The fourth-order valence-electron chi connectivity index (χ4n) is 5.28. The van der Waals surface area contributed by atoms with Crippen LogP contribution in [0.2, 0.25) is 0 Å². The minimum atomic E-state index is -1.03. The number of aromatic nitrogens is 1. The third kappa shape index (κ3) is 3.85. The van der Waals surface area contributed by atoms with Crippen LogP contribution >= 0.6 is 0 Å². The van der Waals surface area contributed by atoms with Crippen LogP contribution in [0.5, 0.6) is 0 Å². The number of hydrogen-bond donors (Lipinski definition) is 2. The number of carbonyl (C=O) groups excluding carboxylic acids is 3. The van der Waals surface area contributed by atoms with Crippen molar-refractivity contribution in [3.05, 3.63) is 30.1 Å². The third-order valence-electron chi connectivity index (χ3n) is 6.56. The van der Waals surface area contributed by atoms with Crippen LogP contribution in [0.15, 0.2) is 24.5 Å². The van der Waals surface area contributed by atoms with Crippen molar-refractivity contribution in [3.63, 3.8) is 0 Å². The van der Waals surface area contributed by atoms with Gasteiger partial charge in [-0.25, -0.2) is 0 Å². The van der Waals surface area contributed by atoms with Gasteiger partial charge in [-0.15, -0.1) is 0 Å². The lowest BCUT2D eigenvalue weighted by Crippen LogP contribution is -2.67. The summed E-state index contributed by atoms with van der Waals surface area (Å²) >= 11 is 0. The van der Waals surface area contributed by atoms with E-state index in [1.807, 2.05) is 4.90 Å². The molecule has 0 saturated carbocycles. The average molecular weight is 400 g/mol. The Morgan fingerprint density at radius 3 is 2.86 bits per heavy atom. The number of nitrogens with zero attached hydrogens (tertiary/aromatic N) is 3. The average Bonchev–Trinajstić information content (AvgIpc) is 2.73. The van der Waals surface area contributed by atoms with Gasteiger partial charge >= 0.3 is 0 Å². The molecule has 0 spiro atoms. The minimum Gasteiger partial charge on any atom is -0.384 e. The largest absolute Gasteiger partial charge is 0.384 e. The normalized spacial score (nSPS) is 29.8. The number of rotatable bonds is 4. The summed E-state index contributed by atoms with van der Waals surface area (Å²) < 4.78 is 0. The van der Waals surface area contributed by atoms with Gasteiger partial charge in [-0.2, -0.15) is 0 Å². The molecule has 1 aromatic rings. The molecule has 0 radical (unpaired) electrons. The number of aliphatic hydroxyl groups excluding tert-OH is 1. The minimum absolute atomic E-state index is 0.0870. The molecule has 29 heavy (non-hydrogen) atoms. The van der Waals surface area contributed by atoms with Gasteiger partial charge in [0.2, 0.25) is 5.91 Å². The third-order valence-corrected chi connectivity index (χ3v) is 6.56. The van der Waals surface area contributed by atoms with Gasteiger partial charge in [0.25, 0.3) is 11.8 Å². The Morgan fingerprint density at radius 1 is 1.34 bits per heavy atom. The van der Waals surface area contributed by atoms with Crippen molar-refractivity contribution in [3.8, 4) is 0 Å².